The molecular weight excluding hydrogens is 294 g/mol. The molecule has 0 radical (unpaired) electrons. The topological polar surface area (TPSA) is 92.8 Å². The van der Waals surface area contributed by atoms with Crippen molar-refractivity contribution in [1.29, 1.82) is 0 Å². The lowest BCUT2D eigenvalue weighted by atomic mass is 10.1. The Hall–Kier alpha value is -2.31. The number of carbonyl (C=O) groups is 1. The Kier molecular flexibility index (Phi) is 6.19. The minimum atomic E-state index is -0.237. The summed E-state index contributed by atoms with van der Waals surface area (Å²) < 4.78 is 5.01. The van der Waals surface area contributed by atoms with E-state index in [-0.39, 0.29) is 12.1 Å². The monoisotopic (exact) mass is 319 g/mol. The van der Waals surface area contributed by atoms with Gasteiger partial charge in [-0.1, -0.05) is 6.07 Å². The van der Waals surface area contributed by atoms with Crippen molar-refractivity contribution in [1.82, 2.24) is 15.2 Å². The summed E-state index contributed by atoms with van der Waals surface area (Å²) in [6.45, 7) is 6.07. The first kappa shape index (κ1) is 17.1. The van der Waals surface area contributed by atoms with Crippen LogP contribution in [0.3, 0.4) is 0 Å². The van der Waals surface area contributed by atoms with Crippen molar-refractivity contribution in [2.45, 2.75) is 39.3 Å². The number of piperidine rings is 1. The number of amides is 1. The Morgan fingerprint density at radius 2 is 2.22 bits per heavy atom. The van der Waals surface area contributed by atoms with E-state index in [9.17, 15) is 4.79 Å². The molecule has 1 aromatic heterocycles. The molecule has 3 N–H and O–H groups in total. The van der Waals surface area contributed by atoms with Crippen molar-refractivity contribution in [3.8, 4) is 0 Å². The van der Waals surface area contributed by atoms with Gasteiger partial charge in [0.1, 0.15) is 0 Å². The molecule has 1 saturated heterocycles. The first-order chi connectivity index (χ1) is 11.1. The maximum Gasteiger partial charge on any atom is 0.409 e. The number of aromatic nitrogens is 1. The first-order valence-corrected chi connectivity index (χ1v) is 7.97. The Balaban J connectivity index is 1.77. The third-order valence-electron chi connectivity index (χ3n) is 3.74. The van der Waals surface area contributed by atoms with Crippen molar-refractivity contribution in [3.05, 3.63) is 29.6 Å². The largest absolute Gasteiger partial charge is 0.450 e. The van der Waals surface area contributed by atoms with Crippen LogP contribution in [-0.4, -0.2) is 47.7 Å². The van der Waals surface area contributed by atoms with Gasteiger partial charge in [0.25, 0.3) is 0 Å². The Morgan fingerprint density at radius 1 is 1.48 bits per heavy atom. The summed E-state index contributed by atoms with van der Waals surface area (Å²) in [7, 11) is 0. The maximum absolute atomic E-state index is 11.6. The number of pyridine rings is 1. The van der Waals surface area contributed by atoms with E-state index in [1.165, 1.54) is 0 Å². The molecule has 0 saturated carbocycles. The predicted molar refractivity (Wildman–Crippen MR) is 89.1 cm³/mol. The zero-order chi connectivity index (χ0) is 16.7. The molecule has 7 nitrogen and oxygen atoms in total. The smallest absolute Gasteiger partial charge is 0.409 e. The van der Waals surface area contributed by atoms with Crippen LogP contribution in [0.5, 0.6) is 0 Å². The van der Waals surface area contributed by atoms with Gasteiger partial charge in [-0.15, -0.1) is 0 Å². The lowest BCUT2D eigenvalue weighted by Gasteiger charge is -2.31. The van der Waals surface area contributed by atoms with E-state index < -0.39 is 0 Å². The van der Waals surface area contributed by atoms with Gasteiger partial charge in [0.05, 0.1) is 13.2 Å². The fourth-order valence-electron chi connectivity index (χ4n) is 2.56. The zero-order valence-corrected chi connectivity index (χ0v) is 13.8. The summed E-state index contributed by atoms with van der Waals surface area (Å²) in [6.07, 6.45) is 5.04. The molecule has 0 bridgehead atoms. The highest BCUT2D eigenvalue weighted by atomic mass is 16.6. The SMILES string of the molecule is CCOC(=O)N1CCC(NC(N)=NCc2cncc(C)c2)CC1. The molecule has 23 heavy (non-hydrogen) atoms. The van der Waals surface area contributed by atoms with E-state index in [4.69, 9.17) is 10.5 Å². The lowest BCUT2D eigenvalue weighted by molar-refractivity contribution is 0.0963. The lowest BCUT2D eigenvalue weighted by Crippen LogP contribution is -2.48. The summed E-state index contributed by atoms with van der Waals surface area (Å²) in [4.78, 5) is 21.9. The van der Waals surface area contributed by atoms with Crippen LogP contribution in [0.1, 0.15) is 30.9 Å². The molecule has 0 aliphatic carbocycles. The predicted octanol–water partition coefficient (Wildman–Crippen LogP) is 1.42. The summed E-state index contributed by atoms with van der Waals surface area (Å²) in [5, 5.41) is 3.22. The molecule has 0 atom stereocenters. The van der Waals surface area contributed by atoms with E-state index in [1.807, 2.05) is 26.1 Å². The molecule has 1 fully saturated rings. The van der Waals surface area contributed by atoms with Crippen LogP contribution in [-0.2, 0) is 11.3 Å². The number of likely N-dealkylation sites (tertiary alicyclic amines) is 1. The van der Waals surface area contributed by atoms with Gasteiger partial charge in [0.2, 0.25) is 0 Å². The highest BCUT2D eigenvalue weighted by Gasteiger charge is 2.23. The van der Waals surface area contributed by atoms with Crippen molar-refractivity contribution in [3.63, 3.8) is 0 Å². The average Bonchev–Trinajstić information content (AvgIpc) is 2.54. The van der Waals surface area contributed by atoms with Crippen LogP contribution in [0, 0.1) is 6.92 Å². The van der Waals surface area contributed by atoms with Crippen molar-refractivity contribution >= 4 is 12.1 Å². The number of ether oxygens (including phenoxy) is 1. The molecule has 2 heterocycles. The van der Waals surface area contributed by atoms with Crippen LogP contribution >= 0.6 is 0 Å². The number of carbonyl (C=O) groups excluding carboxylic acids is 1. The molecule has 7 heteroatoms. The second-order valence-corrected chi connectivity index (χ2v) is 5.68. The second-order valence-electron chi connectivity index (χ2n) is 5.68. The van der Waals surface area contributed by atoms with Gasteiger partial charge in [-0.25, -0.2) is 9.79 Å². The molecule has 126 valence electrons. The Labute approximate surface area is 136 Å². The Morgan fingerprint density at radius 3 is 2.87 bits per heavy atom. The number of rotatable bonds is 4. The van der Waals surface area contributed by atoms with Gasteiger partial charge in [0, 0.05) is 31.5 Å². The normalized spacial score (nSPS) is 16.3. The number of nitrogens with zero attached hydrogens (tertiary/aromatic N) is 3. The maximum atomic E-state index is 11.6. The Bertz CT molecular complexity index is 553. The highest BCUT2D eigenvalue weighted by molar-refractivity contribution is 5.78. The minimum absolute atomic E-state index is 0.236. The standard InChI is InChI=1S/C16H25N5O2/c1-3-23-16(22)21-6-4-14(5-7-21)20-15(17)19-11-13-8-12(2)9-18-10-13/h8-10,14H,3-7,11H2,1-2H3,(H3,17,19,20). The number of aliphatic imine (C=N–C) groups is 1. The van der Waals surface area contributed by atoms with E-state index in [0.717, 1.165) is 24.0 Å². The van der Waals surface area contributed by atoms with E-state index in [0.29, 0.717) is 32.2 Å². The molecule has 1 aliphatic heterocycles. The van der Waals surface area contributed by atoms with Gasteiger partial charge in [-0.3, -0.25) is 4.98 Å². The molecule has 1 aromatic rings. The van der Waals surface area contributed by atoms with Gasteiger partial charge in [0.15, 0.2) is 5.96 Å². The van der Waals surface area contributed by atoms with Gasteiger partial charge in [-0.2, -0.15) is 0 Å². The number of nitrogens with one attached hydrogen (secondary N) is 1. The molecule has 2 rings (SSSR count). The molecule has 1 amide bonds. The van der Waals surface area contributed by atoms with Crippen LogP contribution in [0.4, 0.5) is 4.79 Å². The van der Waals surface area contributed by atoms with E-state index >= 15 is 0 Å². The molecular formula is C16H25N5O2. The summed E-state index contributed by atoms with van der Waals surface area (Å²) in [5.74, 6) is 0.432. The number of hydrogen-bond acceptors (Lipinski definition) is 4. The quantitative estimate of drug-likeness (QED) is 0.646. The number of guanidine groups is 1. The molecule has 1 aliphatic rings. The van der Waals surface area contributed by atoms with Crippen molar-refractivity contribution in [2.75, 3.05) is 19.7 Å². The molecule has 0 spiro atoms. The number of hydrogen-bond donors (Lipinski definition) is 2. The summed E-state index contributed by atoms with van der Waals surface area (Å²) >= 11 is 0. The first-order valence-electron chi connectivity index (χ1n) is 7.97. The zero-order valence-electron chi connectivity index (χ0n) is 13.8. The van der Waals surface area contributed by atoms with E-state index in [1.54, 1.807) is 11.1 Å². The van der Waals surface area contributed by atoms with Gasteiger partial charge in [-0.05, 0) is 37.8 Å². The van der Waals surface area contributed by atoms with Gasteiger partial charge >= 0.3 is 6.09 Å². The number of aryl methyl sites for hydroxylation is 1. The van der Waals surface area contributed by atoms with E-state index in [2.05, 4.69) is 15.3 Å². The highest BCUT2D eigenvalue weighted by Crippen LogP contribution is 2.11. The van der Waals surface area contributed by atoms with Crippen LogP contribution in [0.2, 0.25) is 0 Å². The summed E-state index contributed by atoms with van der Waals surface area (Å²) in [5.41, 5.74) is 8.09. The summed E-state index contributed by atoms with van der Waals surface area (Å²) in [6, 6.07) is 2.28. The van der Waals surface area contributed by atoms with Crippen LogP contribution < -0.4 is 11.1 Å². The fourth-order valence-corrected chi connectivity index (χ4v) is 2.56. The molecule has 0 unspecified atom stereocenters. The third kappa shape index (κ3) is 5.43. The molecule has 0 aromatic carbocycles. The second kappa shape index (κ2) is 8.36. The van der Waals surface area contributed by atoms with Crippen LogP contribution in [0.15, 0.2) is 23.5 Å². The minimum Gasteiger partial charge on any atom is -0.450 e. The average molecular weight is 319 g/mol. The van der Waals surface area contributed by atoms with Crippen LogP contribution in [0.25, 0.3) is 0 Å². The van der Waals surface area contributed by atoms with Gasteiger partial charge < -0.3 is 20.7 Å². The van der Waals surface area contributed by atoms with Crippen molar-refractivity contribution < 1.29 is 9.53 Å². The third-order valence-corrected chi connectivity index (χ3v) is 3.74. The fraction of sp³-hybridized carbons (Fsp3) is 0.562. The van der Waals surface area contributed by atoms with Crippen molar-refractivity contribution in [2.24, 2.45) is 10.7 Å². The number of nitrogens with two attached hydrogens (primary N) is 1.